The van der Waals surface area contributed by atoms with E-state index in [4.69, 9.17) is 11.6 Å². The summed E-state index contributed by atoms with van der Waals surface area (Å²) in [6.07, 6.45) is 0.380. The highest BCUT2D eigenvalue weighted by Crippen LogP contribution is 2.38. The van der Waals surface area contributed by atoms with Gasteiger partial charge in [0.2, 0.25) is 5.91 Å². The van der Waals surface area contributed by atoms with Crippen molar-refractivity contribution in [2.45, 2.75) is 39.2 Å². The molecule has 22 heavy (non-hydrogen) atoms. The number of carbonyl (C=O) groups excluding carboxylic acids is 1. The van der Waals surface area contributed by atoms with Gasteiger partial charge in [0.25, 0.3) is 0 Å². The normalized spacial score (nSPS) is 24.4. The van der Waals surface area contributed by atoms with Crippen LogP contribution in [0, 0.1) is 17.0 Å². The second-order valence-electron chi connectivity index (χ2n) is 6.76. The number of nitrogens with zero attached hydrogens (tertiary/aromatic N) is 1. The van der Waals surface area contributed by atoms with Gasteiger partial charge in [0, 0.05) is 23.5 Å². The zero-order chi connectivity index (χ0) is 16.7. The summed E-state index contributed by atoms with van der Waals surface area (Å²) in [5.74, 6) is -2.26. The summed E-state index contributed by atoms with van der Waals surface area (Å²) in [6.45, 7) is 6.39. The van der Waals surface area contributed by atoms with Gasteiger partial charge in [-0.1, -0.05) is 25.4 Å². The molecule has 1 aliphatic heterocycles. The molecule has 0 saturated carbocycles. The third-order valence-corrected chi connectivity index (χ3v) is 5.05. The van der Waals surface area contributed by atoms with Crippen molar-refractivity contribution in [3.05, 3.63) is 34.4 Å². The van der Waals surface area contributed by atoms with E-state index < -0.39 is 22.7 Å². The molecule has 1 fully saturated rings. The first-order valence-corrected chi connectivity index (χ1v) is 7.55. The van der Waals surface area contributed by atoms with E-state index in [1.165, 1.54) is 0 Å². The highest BCUT2D eigenvalue weighted by atomic mass is 35.5. The van der Waals surface area contributed by atoms with Crippen LogP contribution < -0.4 is 0 Å². The van der Waals surface area contributed by atoms with Crippen molar-refractivity contribution in [3.8, 4) is 0 Å². The highest BCUT2D eigenvalue weighted by Gasteiger charge is 2.45. The van der Waals surface area contributed by atoms with E-state index >= 15 is 0 Å². The average Bonchev–Trinajstić information content (AvgIpc) is 2.39. The van der Waals surface area contributed by atoms with Crippen molar-refractivity contribution in [1.82, 2.24) is 4.90 Å². The molecule has 0 aromatic heterocycles. The molecule has 2 rings (SSSR count). The Hall–Kier alpha value is -1.20. The number of halogens is 3. The van der Waals surface area contributed by atoms with Gasteiger partial charge in [-0.05, 0) is 31.0 Å². The number of hydrogen-bond acceptors (Lipinski definition) is 2. The van der Waals surface area contributed by atoms with Crippen molar-refractivity contribution < 1.29 is 18.7 Å². The number of likely N-dealkylation sites (tertiary alicyclic amines) is 1. The number of carbonyl (C=O) groups is 1. The van der Waals surface area contributed by atoms with Crippen LogP contribution in [0.4, 0.5) is 8.78 Å². The number of benzene rings is 1. The fourth-order valence-corrected chi connectivity index (χ4v) is 2.82. The molecule has 1 amide bonds. The lowest BCUT2D eigenvalue weighted by Gasteiger charge is -2.48. The summed E-state index contributed by atoms with van der Waals surface area (Å²) in [6, 6.07) is 1.84. The number of rotatable bonds is 2. The quantitative estimate of drug-likeness (QED) is 0.846. The number of amides is 1. The van der Waals surface area contributed by atoms with Crippen molar-refractivity contribution in [1.29, 1.82) is 0 Å². The van der Waals surface area contributed by atoms with Gasteiger partial charge in [0.15, 0.2) is 11.6 Å². The van der Waals surface area contributed by atoms with Gasteiger partial charge >= 0.3 is 0 Å². The number of aliphatic hydroxyl groups is 1. The first kappa shape index (κ1) is 17.2. The van der Waals surface area contributed by atoms with Gasteiger partial charge in [0.1, 0.15) is 0 Å². The lowest BCUT2D eigenvalue weighted by atomic mass is 9.71. The van der Waals surface area contributed by atoms with Crippen LogP contribution in [0.25, 0.3) is 0 Å². The predicted octanol–water partition coefficient (Wildman–Crippen LogP) is 3.17. The molecule has 6 heteroatoms. The zero-order valence-corrected chi connectivity index (χ0v) is 13.7. The van der Waals surface area contributed by atoms with Crippen LogP contribution in [-0.2, 0) is 11.2 Å². The molecular formula is C16H20ClF2NO2. The largest absolute Gasteiger partial charge is 0.389 e. The van der Waals surface area contributed by atoms with E-state index in [-0.39, 0.29) is 22.9 Å². The Kier molecular flexibility index (Phi) is 4.51. The molecule has 122 valence electrons. The fourth-order valence-electron chi connectivity index (χ4n) is 2.60. The summed E-state index contributed by atoms with van der Waals surface area (Å²) >= 11 is 5.87. The summed E-state index contributed by atoms with van der Waals surface area (Å²) in [7, 11) is 0. The van der Waals surface area contributed by atoms with Crippen LogP contribution >= 0.6 is 11.6 Å². The Morgan fingerprint density at radius 1 is 1.32 bits per heavy atom. The topological polar surface area (TPSA) is 40.5 Å². The highest BCUT2D eigenvalue weighted by molar-refractivity contribution is 6.31. The maximum Gasteiger partial charge on any atom is 0.227 e. The van der Waals surface area contributed by atoms with Gasteiger partial charge in [-0.25, -0.2) is 8.78 Å². The lowest BCUT2D eigenvalue weighted by molar-refractivity contribution is -0.146. The standard InChI is InChI=1S/C16H20ClF2NO2/c1-15(2)9-20(5-4-16(15,3)22)14(21)7-10-6-12(18)13(19)8-11(10)17/h6,8,22H,4-5,7,9H2,1-3H3/t16-/m0/s1. The van der Waals surface area contributed by atoms with E-state index in [0.717, 1.165) is 12.1 Å². The molecule has 0 spiro atoms. The molecule has 1 aromatic carbocycles. The Bertz CT molecular complexity index is 602. The Morgan fingerprint density at radius 3 is 2.50 bits per heavy atom. The first-order valence-electron chi connectivity index (χ1n) is 7.17. The van der Waals surface area contributed by atoms with Crippen LogP contribution in [0.5, 0.6) is 0 Å². The van der Waals surface area contributed by atoms with E-state index in [1.54, 1.807) is 11.8 Å². The molecule has 1 aromatic rings. The zero-order valence-electron chi connectivity index (χ0n) is 12.9. The van der Waals surface area contributed by atoms with Gasteiger partial charge in [-0.15, -0.1) is 0 Å². The Morgan fingerprint density at radius 2 is 1.91 bits per heavy atom. The molecule has 1 heterocycles. The Balaban J connectivity index is 2.12. The molecule has 1 aliphatic rings. The minimum absolute atomic E-state index is 0.0375. The van der Waals surface area contributed by atoms with E-state index in [2.05, 4.69) is 0 Å². The van der Waals surface area contributed by atoms with Crippen LogP contribution in [0.15, 0.2) is 12.1 Å². The molecule has 1 N–H and O–H groups in total. The van der Waals surface area contributed by atoms with Crippen LogP contribution in [0.3, 0.4) is 0 Å². The van der Waals surface area contributed by atoms with Crippen molar-refractivity contribution in [2.75, 3.05) is 13.1 Å². The second-order valence-corrected chi connectivity index (χ2v) is 7.16. The average molecular weight is 332 g/mol. The molecule has 0 radical (unpaired) electrons. The third-order valence-electron chi connectivity index (χ3n) is 4.70. The third kappa shape index (κ3) is 3.25. The van der Waals surface area contributed by atoms with Crippen LogP contribution in [0.1, 0.15) is 32.8 Å². The fraction of sp³-hybridized carbons (Fsp3) is 0.562. The molecule has 0 bridgehead atoms. The first-order chi connectivity index (χ1) is 10.0. The van der Waals surface area contributed by atoms with Crippen LogP contribution in [0.2, 0.25) is 5.02 Å². The Labute approximate surface area is 133 Å². The molecule has 1 saturated heterocycles. The summed E-state index contributed by atoms with van der Waals surface area (Å²) in [5.41, 5.74) is -1.02. The van der Waals surface area contributed by atoms with Gasteiger partial charge in [0.05, 0.1) is 12.0 Å². The van der Waals surface area contributed by atoms with Crippen molar-refractivity contribution in [3.63, 3.8) is 0 Å². The predicted molar refractivity (Wildman–Crippen MR) is 80.7 cm³/mol. The maximum absolute atomic E-state index is 13.3. The molecule has 0 aliphatic carbocycles. The van der Waals surface area contributed by atoms with Crippen molar-refractivity contribution in [2.24, 2.45) is 5.41 Å². The van der Waals surface area contributed by atoms with Crippen LogP contribution in [-0.4, -0.2) is 34.6 Å². The minimum atomic E-state index is -1.03. The lowest BCUT2D eigenvalue weighted by Crippen LogP contribution is -2.57. The molecule has 1 atom stereocenters. The van der Waals surface area contributed by atoms with Crippen molar-refractivity contribution >= 4 is 17.5 Å². The van der Waals surface area contributed by atoms with E-state index in [1.807, 2.05) is 13.8 Å². The van der Waals surface area contributed by atoms with Gasteiger partial charge in [-0.2, -0.15) is 0 Å². The SMILES string of the molecule is CC1(C)CN(C(=O)Cc2cc(F)c(F)cc2Cl)CC[C@]1(C)O. The minimum Gasteiger partial charge on any atom is -0.389 e. The summed E-state index contributed by atoms with van der Waals surface area (Å²) < 4.78 is 26.3. The second kappa shape index (κ2) is 5.78. The van der Waals surface area contributed by atoms with Gasteiger partial charge < -0.3 is 10.0 Å². The number of hydrogen-bond donors (Lipinski definition) is 1. The molecule has 0 unspecified atom stereocenters. The van der Waals surface area contributed by atoms with E-state index in [0.29, 0.717) is 19.5 Å². The summed E-state index contributed by atoms with van der Waals surface area (Å²) in [4.78, 5) is 14.0. The molecule has 3 nitrogen and oxygen atoms in total. The summed E-state index contributed by atoms with van der Waals surface area (Å²) in [5, 5.41) is 10.4. The number of piperidine rings is 1. The maximum atomic E-state index is 13.3. The molecular weight excluding hydrogens is 312 g/mol. The smallest absolute Gasteiger partial charge is 0.227 e. The monoisotopic (exact) mass is 331 g/mol. The van der Waals surface area contributed by atoms with Gasteiger partial charge in [-0.3, -0.25) is 4.79 Å². The van der Waals surface area contributed by atoms with E-state index in [9.17, 15) is 18.7 Å².